The van der Waals surface area contributed by atoms with Crippen LogP contribution in [-0.4, -0.2) is 43.1 Å². The van der Waals surface area contributed by atoms with Crippen molar-refractivity contribution < 1.29 is 22.7 Å². The van der Waals surface area contributed by atoms with Crippen molar-refractivity contribution in [3.05, 3.63) is 46.8 Å². The number of thiazole rings is 1. The third-order valence-corrected chi connectivity index (χ3v) is 8.46. The summed E-state index contributed by atoms with van der Waals surface area (Å²) in [6.07, 6.45) is 0.852. The summed E-state index contributed by atoms with van der Waals surface area (Å²) < 4.78 is 40.9. The van der Waals surface area contributed by atoms with Crippen LogP contribution in [0.1, 0.15) is 36.5 Å². The molecule has 2 aromatic carbocycles. The number of hydrogen-bond acceptors (Lipinski definition) is 8. The number of nitriles is 2. The zero-order valence-electron chi connectivity index (χ0n) is 19.5. The number of ether oxygens (including phenoxy) is 2. The van der Waals surface area contributed by atoms with Crippen LogP contribution in [0.15, 0.2) is 46.3 Å². The van der Waals surface area contributed by atoms with Gasteiger partial charge in [-0.2, -0.15) is 19.8 Å². The summed E-state index contributed by atoms with van der Waals surface area (Å²) in [5, 5.41) is 17.7. The molecule has 1 aliphatic rings. The third-order valence-electron chi connectivity index (χ3n) is 5.51. The number of rotatable bonds is 9. The van der Waals surface area contributed by atoms with E-state index in [1.165, 1.54) is 35.6 Å². The van der Waals surface area contributed by atoms with E-state index >= 15 is 0 Å². The molecule has 2 heterocycles. The Morgan fingerprint density at radius 3 is 2.36 bits per heavy atom. The quantitative estimate of drug-likeness (QED) is 0.417. The van der Waals surface area contributed by atoms with Gasteiger partial charge in [0.25, 0.3) is 5.91 Å². The van der Waals surface area contributed by atoms with Crippen LogP contribution in [0.2, 0.25) is 0 Å². The summed E-state index contributed by atoms with van der Waals surface area (Å²) in [5.41, 5.74) is 1.14. The zero-order valence-corrected chi connectivity index (χ0v) is 21.1. The molecule has 36 heavy (non-hydrogen) atoms. The fraction of sp³-hybridized carbons (Fsp3) is 0.333. The molecule has 12 heteroatoms. The lowest BCUT2D eigenvalue weighted by atomic mass is 10.2. The molecule has 0 spiro atoms. The van der Waals surface area contributed by atoms with Crippen LogP contribution < -0.4 is 14.3 Å². The molecule has 3 aromatic rings. The highest BCUT2D eigenvalue weighted by Crippen LogP contribution is 2.37. The molecule has 186 valence electrons. The number of benzene rings is 2. The molecule has 0 aliphatic carbocycles. The number of aryl methyl sites for hydroxylation is 1. The first kappa shape index (κ1) is 25.4. The Hall–Kier alpha value is -3.71. The molecule has 0 radical (unpaired) electrons. The zero-order chi connectivity index (χ0) is 25.7. The van der Waals surface area contributed by atoms with E-state index in [1.807, 2.05) is 35.8 Å². The Labute approximate surface area is 212 Å². The molecule has 10 nitrogen and oxygen atoms in total. The van der Waals surface area contributed by atoms with Gasteiger partial charge in [0.15, 0.2) is 16.3 Å². The number of fused-ring (bicyclic) bond motifs is 2. The van der Waals surface area contributed by atoms with Crippen LogP contribution in [-0.2, 0) is 16.6 Å². The number of aromatic nitrogens is 1. The van der Waals surface area contributed by atoms with Gasteiger partial charge in [0, 0.05) is 50.2 Å². The minimum absolute atomic E-state index is 0.00821. The van der Waals surface area contributed by atoms with Crippen molar-refractivity contribution in [3.8, 4) is 23.6 Å². The molecule has 0 atom stereocenters. The lowest BCUT2D eigenvalue weighted by Crippen LogP contribution is -2.32. The van der Waals surface area contributed by atoms with E-state index in [2.05, 4.69) is 4.99 Å². The molecule has 0 saturated heterocycles. The number of amides is 1. The van der Waals surface area contributed by atoms with Crippen LogP contribution in [0.3, 0.4) is 0 Å². The monoisotopic (exact) mass is 525 g/mol. The predicted molar refractivity (Wildman–Crippen MR) is 132 cm³/mol. The molecule has 0 bridgehead atoms. The molecule has 1 aliphatic heterocycles. The van der Waals surface area contributed by atoms with E-state index < -0.39 is 15.9 Å². The van der Waals surface area contributed by atoms with Gasteiger partial charge in [-0.05, 0) is 30.7 Å². The smallest absolute Gasteiger partial charge is 0.279 e. The van der Waals surface area contributed by atoms with Crippen LogP contribution in [0.5, 0.6) is 11.5 Å². The number of carbonyl (C=O) groups is 1. The molecule has 0 N–H and O–H groups in total. The first-order valence-electron chi connectivity index (χ1n) is 11.2. The summed E-state index contributed by atoms with van der Waals surface area (Å²) in [7, 11) is -3.92. The van der Waals surface area contributed by atoms with E-state index in [9.17, 15) is 13.2 Å². The van der Waals surface area contributed by atoms with Gasteiger partial charge in [-0.25, -0.2) is 8.42 Å². The Morgan fingerprint density at radius 1 is 1.11 bits per heavy atom. The van der Waals surface area contributed by atoms with Crippen LogP contribution in [0, 0.1) is 22.7 Å². The van der Waals surface area contributed by atoms with Gasteiger partial charge in [0.1, 0.15) is 0 Å². The largest absolute Gasteiger partial charge is 0.454 e. The van der Waals surface area contributed by atoms with Gasteiger partial charge in [0.2, 0.25) is 16.8 Å². The van der Waals surface area contributed by atoms with Crippen molar-refractivity contribution in [1.29, 1.82) is 10.5 Å². The second kappa shape index (κ2) is 10.9. The van der Waals surface area contributed by atoms with E-state index in [-0.39, 0.29) is 43.2 Å². The first-order valence-corrected chi connectivity index (χ1v) is 13.5. The minimum atomic E-state index is -3.92. The lowest BCUT2D eigenvalue weighted by Gasteiger charge is -2.20. The number of sulfonamides is 1. The first-order chi connectivity index (χ1) is 17.4. The van der Waals surface area contributed by atoms with E-state index in [0.717, 1.165) is 20.9 Å². The van der Waals surface area contributed by atoms with Gasteiger partial charge in [-0.3, -0.25) is 4.79 Å². The van der Waals surface area contributed by atoms with Crippen molar-refractivity contribution in [3.63, 3.8) is 0 Å². The molecule has 0 unspecified atom stereocenters. The summed E-state index contributed by atoms with van der Waals surface area (Å²) in [4.78, 5) is 17.8. The fourth-order valence-electron chi connectivity index (χ4n) is 3.76. The van der Waals surface area contributed by atoms with Gasteiger partial charge in [0.05, 0.1) is 27.3 Å². The second-order valence-electron chi connectivity index (χ2n) is 7.87. The Kier molecular flexibility index (Phi) is 7.70. The van der Waals surface area contributed by atoms with Gasteiger partial charge in [-0.15, -0.1) is 0 Å². The van der Waals surface area contributed by atoms with Crippen molar-refractivity contribution >= 4 is 37.5 Å². The van der Waals surface area contributed by atoms with E-state index in [1.54, 1.807) is 0 Å². The van der Waals surface area contributed by atoms with E-state index in [0.29, 0.717) is 22.8 Å². The predicted octanol–water partition coefficient (Wildman–Crippen LogP) is 3.40. The second-order valence-corrected chi connectivity index (χ2v) is 10.8. The topological polar surface area (TPSA) is 138 Å². The Bertz CT molecular complexity index is 1520. The van der Waals surface area contributed by atoms with Gasteiger partial charge in [-0.1, -0.05) is 18.3 Å². The summed E-state index contributed by atoms with van der Waals surface area (Å²) >= 11 is 1.36. The van der Waals surface area contributed by atoms with Gasteiger partial charge < -0.3 is 14.0 Å². The highest BCUT2D eigenvalue weighted by atomic mass is 32.2. The van der Waals surface area contributed by atoms with Crippen LogP contribution in [0.4, 0.5) is 0 Å². The summed E-state index contributed by atoms with van der Waals surface area (Å²) in [6.45, 7) is 2.84. The average molecular weight is 526 g/mol. The van der Waals surface area contributed by atoms with Crippen molar-refractivity contribution in [1.82, 2.24) is 8.87 Å². The molecule has 0 fully saturated rings. The molecule has 1 aromatic heterocycles. The Morgan fingerprint density at radius 2 is 1.75 bits per heavy atom. The van der Waals surface area contributed by atoms with Crippen molar-refractivity contribution in [2.24, 2.45) is 4.99 Å². The summed E-state index contributed by atoms with van der Waals surface area (Å²) in [5.74, 6) is 0.806. The molecule has 1 amide bonds. The summed E-state index contributed by atoms with van der Waals surface area (Å²) in [6, 6.07) is 13.1. The van der Waals surface area contributed by atoms with Crippen LogP contribution >= 0.6 is 11.3 Å². The number of nitrogens with zero attached hydrogens (tertiary/aromatic N) is 5. The van der Waals surface area contributed by atoms with Crippen molar-refractivity contribution in [2.75, 3.05) is 19.9 Å². The molecular formula is C24H23N5O5S2. The maximum absolute atomic E-state index is 13.0. The molecule has 0 saturated carbocycles. The maximum atomic E-state index is 13.0. The fourth-order valence-corrected chi connectivity index (χ4v) is 6.26. The number of hydrogen-bond donors (Lipinski definition) is 0. The molecule has 4 rings (SSSR count). The third kappa shape index (κ3) is 5.11. The standard InChI is InChI=1S/C24H23N5O5S2/c1-2-11-29-19-14-20-21(34-16-33-20)15-22(19)35-24(29)27-23(30)17-5-7-18(8-6-17)36(31,32)28(12-3-9-25)13-4-10-26/h5-8,14-15H,2-4,11-13,16H2,1H3. The average Bonchev–Trinajstić information content (AvgIpc) is 3.46. The SMILES string of the molecule is CCCn1c(=NC(=O)c2ccc(S(=O)(=O)N(CCC#N)CCC#N)cc2)sc2cc3c(cc21)OCO3. The van der Waals surface area contributed by atoms with Crippen molar-refractivity contribution in [2.45, 2.75) is 37.6 Å². The lowest BCUT2D eigenvalue weighted by molar-refractivity contribution is 0.0997. The van der Waals surface area contributed by atoms with Gasteiger partial charge >= 0.3 is 0 Å². The minimum Gasteiger partial charge on any atom is -0.454 e. The van der Waals surface area contributed by atoms with E-state index in [4.69, 9.17) is 20.0 Å². The highest BCUT2D eigenvalue weighted by molar-refractivity contribution is 7.89. The highest BCUT2D eigenvalue weighted by Gasteiger charge is 2.24. The Balaban J connectivity index is 1.64. The number of carbonyl (C=O) groups excluding carboxylic acids is 1. The molecular weight excluding hydrogens is 502 g/mol. The normalized spacial score (nSPS) is 13.2. The van der Waals surface area contributed by atoms with Crippen LogP contribution in [0.25, 0.3) is 10.2 Å². The maximum Gasteiger partial charge on any atom is 0.279 e.